The summed E-state index contributed by atoms with van der Waals surface area (Å²) in [6, 6.07) is 1.87. The second kappa shape index (κ2) is 2.62. The van der Waals surface area contributed by atoms with E-state index in [4.69, 9.17) is 0 Å². The van der Waals surface area contributed by atoms with Gasteiger partial charge in [-0.05, 0) is 12.1 Å². The number of hydrogen-bond donors (Lipinski definition) is 1. The summed E-state index contributed by atoms with van der Waals surface area (Å²) in [5, 5.41) is 5.00. The van der Waals surface area contributed by atoms with Crippen LogP contribution in [0.2, 0.25) is 0 Å². The molecule has 1 aromatic carbocycles. The smallest absolute Gasteiger partial charge is 0.267 e. The Morgan fingerprint density at radius 2 is 1.92 bits per heavy atom. The van der Waals surface area contributed by atoms with Crippen LogP contribution in [-0.2, 0) is 0 Å². The summed E-state index contributed by atoms with van der Waals surface area (Å²) >= 11 is 0. The molecule has 2 rings (SSSR count). The average molecular weight is 182 g/mol. The van der Waals surface area contributed by atoms with Crippen LogP contribution in [0.3, 0.4) is 0 Å². The average Bonchev–Trinajstić information content (AvgIpc) is 2.12. The van der Waals surface area contributed by atoms with Crippen molar-refractivity contribution in [3.8, 4) is 0 Å². The maximum atomic E-state index is 13.0. The Morgan fingerprint density at radius 1 is 1.23 bits per heavy atom. The van der Waals surface area contributed by atoms with E-state index in [-0.39, 0.29) is 10.8 Å². The van der Waals surface area contributed by atoms with Gasteiger partial charge < -0.3 is 0 Å². The van der Waals surface area contributed by atoms with Crippen LogP contribution in [0.1, 0.15) is 0 Å². The van der Waals surface area contributed by atoms with Gasteiger partial charge in [-0.2, -0.15) is 5.10 Å². The summed E-state index contributed by atoms with van der Waals surface area (Å²) in [4.78, 5) is 11.0. The number of nitrogens with zero attached hydrogens (tertiary/aromatic N) is 1. The van der Waals surface area contributed by atoms with Gasteiger partial charge in [0.2, 0.25) is 0 Å². The Balaban J connectivity index is 3.09. The third-order valence-electron chi connectivity index (χ3n) is 1.73. The molecule has 0 saturated carbocycles. The topological polar surface area (TPSA) is 45.8 Å². The molecule has 1 aromatic heterocycles. The van der Waals surface area contributed by atoms with E-state index in [1.807, 2.05) is 5.10 Å². The van der Waals surface area contributed by atoms with Gasteiger partial charge in [-0.3, -0.25) is 4.79 Å². The van der Waals surface area contributed by atoms with Crippen LogP contribution in [0.5, 0.6) is 0 Å². The van der Waals surface area contributed by atoms with Crippen molar-refractivity contribution in [2.24, 2.45) is 0 Å². The quantitative estimate of drug-likeness (QED) is 0.665. The molecule has 1 N–H and O–H groups in total. The lowest BCUT2D eigenvalue weighted by atomic mass is 10.2. The Hall–Kier alpha value is -1.78. The van der Waals surface area contributed by atoms with E-state index < -0.39 is 17.2 Å². The van der Waals surface area contributed by atoms with E-state index >= 15 is 0 Å². The number of aromatic amines is 1. The monoisotopic (exact) mass is 182 g/mol. The van der Waals surface area contributed by atoms with Crippen molar-refractivity contribution in [3.63, 3.8) is 0 Å². The minimum atomic E-state index is -0.750. The molecule has 66 valence electrons. The molecule has 0 aliphatic rings. The number of benzene rings is 1. The van der Waals surface area contributed by atoms with Crippen LogP contribution in [-0.4, -0.2) is 10.2 Å². The molecular formula is C8H4F2N2O. The highest BCUT2D eigenvalue weighted by atomic mass is 19.1. The minimum absolute atomic E-state index is 0.108. The fourth-order valence-electron chi connectivity index (χ4n) is 1.14. The van der Waals surface area contributed by atoms with Crippen LogP contribution >= 0.6 is 0 Å². The number of nitrogens with one attached hydrogen (secondary N) is 1. The predicted molar refractivity (Wildman–Crippen MR) is 42.3 cm³/mol. The van der Waals surface area contributed by atoms with Crippen molar-refractivity contribution < 1.29 is 8.78 Å². The number of hydrogen-bond acceptors (Lipinski definition) is 2. The van der Waals surface area contributed by atoms with Crippen LogP contribution < -0.4 is 5.56 Å². The Kier molecular flexibility index (Phi) is 1.58. The molecule has 3 nitrogen and oxygen atoms in total. The standard InChI is InChI=1S/C8H4F2N2O/c9-5-1-2-6(10)7-4(5)3-11-12-8(7)13/h1-3H,(H,12,13). The Labute approximate surface area is 71.0 Å². The highest BCUT2D eigenvalue weighted by molar-refractivity contribution is 5.81. The van der Waals surface area contributed by atoms with Crippen molar-refractivity contribution in [1.29, 1.82) is 0 Å². The lowest BCUT2D eigenvalue weighted by Gasteiger charge is -1.97. The summed E-state index contributed by atoms with van der Waals surface area (Å²) in [5.41, 5.74) is -0.727. The zero-order chi connectivity index (χ0) is 9.42. The molecule has 0 atom stereocenters. The predicted octanol–water partition coefficient (Wildman–Crippen LogP) is 1.20. The number of rotatable bonds is 0. The second-order valence-electron chi connectivity index (χ2n) is 2.52. The molecule has 0 unspecified atom stereocenters. The maximum absolute atomic E-state index is 13.0. The molecule has 0 saturated heterocycles. The first-order chi connectivity index (χ1) is 6.20. The van der Waals surface area contributed by atoms with Crippen LogP contribution in [0.25, 0.3) is 10.8 Å². The molecule has 0 aliphatic carbocycles. The molecular weight excluding hydrogens is 178 g/mol. The van der Waals surface area contributed by atoms with Gasteiger partial charge in [0.1, 0.15) is 11.6 Å². The zero-order valence-corrected chi connectivity index (χ0v) is 6.34. The SMILES string of the molecule is O=c1[nH]ncc2c(F)ccc(F)c12. The summed E-state index contributed by atoms with van der Waals surface area (Å²) in [6.07, 6.45) is 1.08. The van der Waals surface area contributed by atoms with E-state index in [2.05, 4.69) is 5.10 Å². The maximum Gasteiger partial charge on any atom is 0.275 e. The van der Waals surface area contributed by atoms with E-state index in [9.17, 15) is 13.6 Å². The summed E-state index contributed by atoms with van der Waals surface area (Å²) in [6.45, 7) is 0. The first-order valence-electron chi connectivity index (χ1n) is 3.51. The number of fused-ring (bicyclic) bond motifs is 1. The lowest BCUT2D eigenvalue weighted by Crippen LogP contribution is -2.09. The van der Waals surface area contributed by atoms with Gasteiger partial charge in [0, 0.05) is 5.39 Å². The van der Waals surface area contributed by atoms with Crippen molar-refractivity contribution in [2.75, 3.05) is 0 Å². The molecule has 2 aromatic rings. The van der Waals surface area contributed by atoms with Crippen molar-refractivity contribution >= 4 is 10.8 Å². The summed E-state index contributed by atoms with van der Waals surface area (Å²) in [5.74, 6) is -1.41. The fraction of sp³-hybridized carbons (Fsp3) is 0. The number of halogens is 2. The minimum Gasteiger partial charge on any atom is -0.267 e. The van der Waals surface area contributed by atoms with Gasteiger partial charge in [0.05, 0.1) is 11.6 Å². The van der Waals surface area contributed by atoms with Gasteiger partial charge in [0.25, 0.3) is 5.56 Å². The van der Waals surface area contributed by atoms with Crippen molar-refractivity contribution in [2.45, 2.75) is 0 Å². The van der Waals surface area contributed by atoms with E-state index in [0.717, 1.165) is 18.3 Å². The van der Waals surface area contributed by atoms with Crippen LogP contribution in [0.15, 0.2) is 23.1 Å². The Morgan fingerprint density at radius 3 is 2.62 bits per heavy atom. The Bertz CT molecular complexity index is 521. The number of H-pyrrole nitrogens is 1. The largest absolute Gasteiger partial charge is 0.275 e. The molecule has 0 fully saturated rings. The van der Waals surface area contributed by atoms with E-state index in [0.29, 0.717) is 0 Å². The van der Waals surface area contributed by atoms with Gasteiger partial charge in [-0.25, -0.2) is 13.9 Å². The molecule has 0 spiro atoms. The molecule has 0 bridgehead atoms. The highest BCUT2D eigenvalue weighted by Crippen LogP contribution is 2.15. The third-order valence-corrected chi connectivity index (χ3v) is 1.73. The first kappa shape index (κ1) is 7.85. The molecule has 0 radical (unpaired) electrons. The lowest BCUT2D eigenvalue weighted by molar-refractivity contribution is 0.615. The van der Waals surface area contributed by atoms with Crippen LogP contribution in [0, 0.1) is 11.6 Å². The van der Waals surface area contributed by atoms with Gasteiger partial charge in [0.15, 0.2) is 0 Å². The molecule has 1 heterocycles. The van der Waals surface area contributed by atoms with E-state index in [1.54, 1.807) is 0 Å². The summed E-state index contributed by atoms with van der Waals surface area (Å²) < 4.78 is 26.0. The van der Waals surface area contributed by atoms with Gasteiger partial charge in [-0.15, -0.1) is 0 Å². The first-order valence-corrected chi connectivity index (χ1v) is 3.51. The van der Waals surface area contributed by atoms with Crippen LogP contribution in [0.4, 0.5) is 8.78 Å². The molecule has 0 aliphatic heterocycles. The fourth-order valence-corrected chi connectivity index (χ4v) is 1.14. The molecule has 5 heteroatoms. The normalized spacial score (nSPS) is 10.6. The molecule has 0 amide bonds. The third kappa shape index (κ3) is 1.09. The van der Waals surface area contributed by atoms with Crippen molar-refractivity contribution in [1.82, 2.24) is 10.2 Å². The van der Waals surface area contributed by atoms with Gasteiger partial charge >= 0.3 is 0 Å². The van der Waals surface area contributed by atoms with E-state index in [1.165, 1.54) is 0 Å². The summed E-state index contributed by atoms with van der Waals surface area (Å²) in [7, 11) is 0. The zero-order valence-electron chi connectivity index (χ0n) is 6.34. The second-order valence-corrected chi connectivity index (χ2v) is 2.52. The van der Waals surface area contributed by atoms with Gasteiger partial charge in [-0.1, -0.05) is 0 Å². The van der Waals surface area contributed by atoms with Crippen molar-refractivity contribution in [3.05, 3.63) is 40.3 Å². The highest BCUT2D eigenvalue weighted by Gasteiger charge is 2.08. The molecule has 13 heavy (non-hydrogen) atoms. The number of aromatic nitrogens is 2.